The van der Waals surface area contributed by atoms with Crippen LogP contribution in [0.1, 0.15) is 30.1 Å². The van der Waals surface area contributed by atoms with Gasteiger partial charge in [-0.2, -0.15) is 0 Å². The lowest BCUT2D eigenvalue weighted by Gasteiger charge is -2.23. The van der Waals surface area contributed by atoms with E-state index in [1.165, 1.54) is 5.56 Å². The summed E-state index contributed by atoms with van der Waals surface area (Å²) < 4.78 is 0. The second-order valence-corrected chi connectivity index (χ2v) is 4.80. The molecule has 2 atom stereocenters. The molecule has 1 aromatic heterocycles. The van der Waals surface area contributed by atoms with Gasteiger partial charge in [-0.15, -0.1) is 0 Å². The Morgan fingerprint density at radius 3 is 2.61 bits per heavy atom. The average Bonchev–Trinajstić information content (AvgIpc) is 2.40. The van der Waals surface area contributed by atoms with Gasteiger partial charge in [0.05, 0.1) is 0 Å². The van der Waals surface area contributed by atoms with E-state index < -0.39 is 0 Å². The lowest BCUT2D eigenvalue weighted by Crippen LogP contribution is -2.22. The van der Waals surface area contributed by atoms with Crippen LogP contribution in [0.2, 0.25) is 5.02 Å². The van der Waals surface area contributed by atoms with Crippen molar-refractivity contribution in [2.24, 2.45) is 0 Å². The zero-order valence-corrected chi connectivity index (χ0v) is 11.4. The van der Waals surface area contributed by atoms with Crippen molar-refractivity contribution in [3.63, 3.8) is 0 Å². The Balaban J connectivity index is 2.29. The summed E-state index contributed by atoms with van der Waals surface area (Å²) >= 11 is 6.05. The van der Waals surface area contributed by atoms with Crippen LogP contribution in [0.4, 0.5) is 0 Å². The Morgan fingerprint density at radius 2 is 2.00 bits per heavy atom. The van der Waals surface area contributed by atoms with Crippen molar-refractivity contribution in [1.82, 2.24) is 10.3 Å². The Morgan fingerprint density at radius 1 is 1.17 bits per heavy atom. The van der Waals surface area contributed by atoms with Crippen LogP contribution in [0.25, 0.3) is 0 Å². The number of halogens is 1. The standard InChI is InChI=1S/C15H17ClN2/c1-11(14-8-3-4-9-18-14)15(17-2)12-6-5-7-13(16)10-12/h3-11,15,17H,1-2H3. The third-order valence-electron chi connectivity index (χ3n) is 3.17. The van der Waals surface area contributed by atoms with Crippen molar-refractivity contribution >= 4 is 11.6 Å². The molecule has 0 bridgehead atoms. The minimum Gasteiger partial charge on any atom is -0.312 e. The van der Waals surface area contributed by atoms with E-state index in [0.717, 1.165) is 10.7 Å². The highest BCUT2D eigenvalue weighted by Gasteiger charge is 2.20. The third-order valence-corrected chi connectivity index (χ3v) is 3.41. The molecule has 0 aliphatic heterocycles. The second kappa shape index (κ2) is 5.98. The average molecular weight is 261 g/mol. The smallest absolute Gasteiger partial charge is 0.0450 e. The van der Waals surface area contributed by atoms with Gasteiger partial charge in [0, 0.05) is 28.9 Å². The van der Waals surface area contributed by atoms with E-state index in [2.05, 4.69) is 29.4 Å². The number of pyridine rings is 1. The molecule has 1 N–H and O–H groups in total. The summed E-state index contributed by atoms with van der Waals surface area (Å²) in [5, 5.41) is 4.11. The number of nitrogens with one attached hydrogen (secondary N) is 1. The van der Waals surface area contributed by atoms with Gasteiger partial charge in [0.2, 0.25) is 0 Å². The first kappa shape index (κ1) is 13.1. The van der Waals surface area contributed by atoms with Gasteiger partial charge in [0.15, 0.2) is 0 Å². The molecule has 0 aliphatic rings. The Labute approximate surface area is 113 Å². The summed E-state index contributed by atoms with van der Waals surface area (Å²) in [5.41, 5.74) is 2.26. The first-order chi connectivity index (χ1) is 8.72. The lowest BCUT2D eigenvalue weighted by molar-refractivity contribution is 0.499. The molecule has 94 valence electrons. The van der Waals surface area contributed by atoms with Crippen LogP contribution in [0.3, 0.4) is 0 Å². The number of likely N-dealkylation sites (N-methyl/N-ethyl adjacent to an activating group) is 1. The van der Waals surface area contributed by atoms with E-state index >= 15 is 0 Å². The lowest BCUT2D eigenvalue weighted by atomic mass is 9.91. The minimum atomic E-state index is 0.207. The predicted octanol–water partition coefficient (Wildman–Crippen LogP) is 3.80. The summed E-state index contributed by atoms with van der Waals surface area (Å²) in [6, 6.07) is 14.2. The van der Waals surface area contributed by atoms with Gasteiger partial charge in [0.25, 0.3) is 0 Å². The molecule has 0 spiro atoms. The molecule has 3 heteroatoms. The van der Waals surface area contributed by atoms with Crippen LogP contribution in [0.15, 0.2) is 48.7 Å². The zero-order valence-electron chi connectivity index (χ0n) is 10.6. The summed E-state index contributed by atoms with van der Waals surface area (Å²) in [6.45, 7) is 2.17. The summed E-state index contributed by atoms with van der Waals surface area (Å²) in [7, 11) is 1.96. The molecular formula is C15H17ClN2. The maximum Gasteiger partial charge on any atom is 0.0450 e. The van der Waals surface area contributed by atoms with E-state index in [0.29, 0.717) is 0 Å². The van der Waals surface area contributed by atoms with E-state index in [1.54, 1.807) is 0 Å². The van der Waals surface area contributed by atoms with Gasteiger partial charge in [-0.25, -0.2) is 0 Å². The quantitative estimate of drug-likeness (QED) is 0.905. The van der Waals surface area contributed by atoms with Gasteiger partial charge in [-0.3, -0.25) is 4.98 Å². The van der Waals surface area contributed by atoms with Crippen molar-refractivity contribution in [3.05, 3.63) is 64.9 Å². The van der Waals surface area contributed by atoms with E-state index in [4.69, 9.17) is 11.6 Å². The van der Waals surface area contributed by atoms with Crippen molar-refractivity contribution in [3.8, 4) is 0 Å². The van der Waals surface area contributed by atoms with Gasteiger partial charge < -0.3 is 5.32 Å². The maximum absolute atomic E-state index is 6.05. The molecule has 1 heterocycles. The molecule has 2 unspecified atom stereocenters. The van der Waals surface area contributed by atoms with Crippen LogP contribution in [0.5, 0.6) is 0 Å². The van der Waals surface area contributed by atoms with Crippen molar-refractivity contribution in [2.45, 2.75) is 18.9 Å². The first-order valence-electron chi connectivity index (χ1n) is 6.06. The van der Waals surface area contributed by atoms with Crippen molar-refractivity contribution in [2.75, 3.05) is 7.05 Å². The summed E-state index contributed by atoms with van der Waals surface area (Å²) in [6.07, 6.45) is 1.83. The van der Waals surface area contributed by atoms with Crippen LogP contribution in [0, 0.1) is 0 Å². The highest BCUT2D eigenvalue weighted by atomic mass is 35.5. The number of benzene rings is 1. The number of rotatable bonds is 4. The van der Waals surface area contributed by atoms with Gasteiger partial charge >= 0.3 is 0 Å². The largest absolute Gasteiger partial charge is 0.312 e. The second-order valence-electron chi connectivity index (χ2n) is 4.36. The zero-order chi connectivity index (χ0) is 13.0. The molecule has 0 amide bonds. The number of aromatic nitrogens is 1. The third kappa shape index (κ3) is 2.89. The maximum atomic E-state index is 6.05. The predicted molar refractivity (Wildman–Crippen MR) is 75.9 cm³/mol. The molecular weight excluding hydrogens is 244 g/mol. The fourth-order valence-corrected chi connectivity index (χ4v) is 2.42. The molecule has 2 aromatic rings. The van der Waals surface area contributed by atoms with Gasteiger partial charge in [-0.05, 0) is 36.9 Å². The molecule has 2 rings (SSSR count). The number of nitrogens with zero attached hydrogens (tertiary/aromatic N) is 1. The summed E-state index contributed by atoms with van der Waals surface area (Å²) in [4.78, 5) is 4.42. The SMILES string of the molecule is CNC(c1cccc(Cl)c1)C(C)c1ccccn1. The molecule has 1 aromatic carbocycles. The molecule has 0 radical (unpaired) electrons. The Bertz CT molecular complexity index is 499. The summed E-state index contributed by atoms with van der Waals surface area (Å²) in [5.74, 6) is 0.287. The molecule has 0 saturated heterocycles. The fourth-order valence-electron chi connectivity index (χ4n) is 2.22. The monoisotopic (exact) mass is 260 g/mol. The normalized spacial score (nSPS) is 14.2. The van der Waals surface area contributed by atoms with Crippen molar-refractivity contribution < 1.29 is 0 Å². The topological polar surface area (TPSA) is 24.9 Å². The molecule has 18 heavy (non-hydrogen) atoms. The number of hydrogen-bond donors (Lipinski definition) is 1. The van der Waals surface area contributed by atoms with Crippen LogP contribution in [-0.2, 0) is 0 Å². The van der Waals surface area contributed by atoms with E-state index in [-0.39, 0.29) is 12.0 Å². The number of hydrogen-bond acceptors (Lipinski definition) is 2. The van der Waals surface area contributed by atoms with Gasteiger partial charge in [-0.1, -0.05) is 36.7 Å². The van der Waals surface area contributed by atoms with Crippen molar-refractivity contribution in [1.29, 1.82) is 0 Å². The molecule has 2 nitrogen and oxygen atoms in total. The Kier molecular flexibility index (Phi) is 4.34. The fraction of sp³-hybridized carbons (Fsp3) is 0.267. The Hall–Kier alpha value is -1.38. The molecule has 0 saturated carbocycles. The minimum absolute atomic E-state index is 0.207. The molecule has 0 aliphatic carbocycles. The van der Waals surface area contributed by atoms with Crippen LogP contribution < -0.4 is 5.32 Å². The first-order valence-corrected chi connectivity index (χ1v) is 6.44. The van der Waals surface area contributed by atoms with Gasteiger partial charge in [0.1, 0.15) is 0 Å². The van der Waals surface area contributed by atoms with Crippen LogP contribution >= 0.6 is 11.6 Å². The molecule has 0 fully saturated rings. The van der Waals surface area contributed by atoms with E-state index in [9.17, 15) is 0 Å². The highest BCUT2D eigenvalue weighted by molar-refractivity contribution is 6.30. The van der Waals surface area contributed by atoms with E-state index in [1.807, 2.05) is 43.6 Å². The van der Waals surface area contributed by atoms with Crippen LogP contribution in [-0.4, -0.2) is 12.0 Å². The highest BCUT2D eigenvalue weighted by Crippen LogP contribution is 2.30.